The van der Waals surface area contributed by atoms with E-state index in [1.165, 1.54) is 12.1 Å². The Morgan fingerprint density at radius 2 is 1.86 bits per heavy atom. The number of nitrogens with zero attached hydrogens (tertiary/aromatic N) is 4. The van der Waals surface area contributed by atoms with Crippen LogP contribution in [0, 0.1) is 12.7 Å². The number of carbonyl (C=O) groups excluding carboxylic acids is 1. The largest absolute Gasteiger partial charge is 0.507 e. The molecule has 0 saturated carbocycles. The minimum atomic E-state index is -0.622. The number of amides is 1. The second kappa shape index (κ2) is 10.7. The van der Waals surface area contributed by atoms with Gasteiger partial charge in [-0.25, -0.2) is 9.18 Å². The van der Waals surface area contributed by atoms with Gasteiger partial charge in [0.1, 0.15) is 11.6 Å². The lowest BCUT2D eigenvalue weighted by Gasteiger charge is -2.39. The molecule has 1 aromatic carbocycles. The minimum absolute atomic E-state index is 0.119. The Morgan fingerprint density at radius 3 is 2.49 bits per heavy atom. The van der Waals surface area contributed by atoms with Gasteiger partial charge in [-0.15, -0.1) is 0 Å². The van der Waals surface area contributed by atoms with Crippen molar-refractivity contribution in [1.29, 1.82) is 0 Å². The molecule has 1 aliphatic heterocycles. The summed E-state index contributed by atoms with van der Waals surface area (Å²) in [5.41, 5.74) is 1.87. The summed E-state index contributed by atoms with van der Waals surface area (Å²) < 4.78 is 20.4. The Kier molecular flexibility index (Phi) is 7.45. The van der Waals surface area contributed by atoms with E-state index in [9.17, 15) is 19.1 Å². The van der Waals surface area contributed by atoms with E-state index in [1.54, 1.807) is 47.7 Å². The summed E-state index contributed by atoms with van der Waals surface area (Å²) >= 11 is 0. The third kappa shape index (κ3) is 5.35. The number of rotatable bonds is 6. The molecule has 8 nitrogen and oxygen atoms in total. The van der Waals surface area contributed by atoms with Crippen LogP contribution in [0.1, 0.15) is 35.5 Å². The fourth-order valence-corrected chi connectivity index (χ4v) is 4.46. The van der Waals surface area contributed by atoms with E-state index in [1.807, 2.05) is 23.1 Å². The van der Waals surface area contributed by atoms with Gasteiger partial charge in [0.25, 0.3) is 5.56 Å². The lowest BCUT2D eigenvalue weighted by molar-refractivity contribution is 0.0709. The highest BCUT2D eigenvalue weighted by molar-refractivity contribution is 5.67. The van der Waals surface area contributed by atoms with Gasteiger partial charge in [-0.05, 0) is 49.7 Å². The van der Waals surface area contributed by atoms with Crippen LogP contribution in [0.3, 0.4) is 0 Å². The molecule has 3 aromatic rings. The van der Waals surface area contributed by atoms with Crippen LogP contribution in [0.15, 0.2) is 59.5 Å². The van der Waals surface area contributed by atoms with Crippen LogP contribution >= 0.6 is 0 Å². The molecule has 0 radical (unpaired) electrons. The zero-order valence-electron chi connectivity index (χ0n) is 19.9. The SMILES string of the molecule is CCOC(=O)N1CCN(C(c2ccc(F)cc2)c2c(O)cc(C)n(Cc3ccccn3)c2=O)CC1. The summed E-state index contributed by atoms with van der Waals surface area (Å²) in [6, 6.07) is 12.4. The lowest BCUT2D eigenvalue weighted by atomic mass is 9.96. The molecule has 1 saturated heterocycles. The van der Waals surface area contributed by atoms with Gasteiger partial charge in [-0.2, -0.15) is 0 Å². The van der Waals surface area contributed by atoms with E-state index >= 15 is 0 Å². The smallest absolute Gasteiger partial charge is 0.409 e. The molecule has 35 heavy (non-hydrogen) atoms. The van der Waals surface area contributed by atoms with Crippen molar-refractivity contribution >= 4 is 6.09 Å². The number of aryl methyl sites for hydroxylation is 1. The Hall–Kier alpha value is -3.72. The molecule has 0 aliphatic carbocycles. The van der Waals surface area contributed by atoms with Crippen LogP contribution in [0.2, 0.25) is 0 Å². The summed E-state index contributed by atoms with van der Waals surface area (Å²) in [7, 11) is 0. The Labute approximate surface area is 203 Å². The van der Waals surface area contributed by atoms with Crippen molar-refractivity contribution in [3.8, 4) is 5.75 Å². The predicted molar refractivity (Wildman–Crippen MR) is 129 cm³/mol. The summed E-state index contributed by atoms with van der Waals surface area (Å²) in [4.78, 5) is 33.9. The van der Waals surface area contributed by atoms with Gasteiger partial charge in [0.2, 0.25) is 0 Å². The fraction of sp³-hybridized carbons (Fsp3) is 0.346. The van der Waals surface area contributed by atoms with Gasteiger partial charge in [0, 0.05) is 38.1 Å². The average molecular weight is 481 g/mol. The molecule has 0 bridgehead atoms. The molecule has 2 aromatic heterocycles. The highest BCUT2D eigenvalue weighted by atomic mass is 19.1. The number of piperazine rings is 1. The number of benzene rings is 1. The molecule has 1 fully saturated rings. The van der Waals surface area contributed by atoms with E-state index in [-0.39, 0.29) is 35.3 Å². The van der Waals surface area contributed by atoms with E-state index in [4.69, 9.17) is 4.74 Å². The number of aromatic hydroxyl groups is 1. The quantitative estimate of drug-likeness (QED) is 0.583. The Balaban J connectivity index is 1.74. The topological polar surface area (TPSA) is 87.9 Å². The maximum absolute atomic E-state index is 13.8. The van der Waals surface area contributed by atoms with Crippen LogP contribution in [-0.4, -0.2) is 63.3 Å². The van der Waals surface area contributed by atoms with Gasteiger partial charge < -0.3 is 19.3 Å². The molecule has 184 valence electrons. The van der Waals surface area contributed by atoms with Gasteiger partial charge in [0.05, 0.1) is 30.5 Å². The van der Waals surface area contributed by atoms with Crippen molar-refractivity contribution in [2.45, 2.75) is 26.4 Å². The number of hydrogen-bond acceptors (Lipinski definition) is 6. The summed E-state index contributed by atoms with van der Waals surface area (Å²) in [6.07, 6.45) is 1.29. The standard InChI is InChI=1S/C26H29FN4O4/c1-3-35-26(34)30-14-12-29(13-15-30)24(19-7-9-20(27)10-8-19)23-22(32)16-18(2)31(25(23)33)17-21-6-4-5-11-28-21/h4-11,16,24,32H,3,12-15,17H2,1-2H3. The first-order valence-electron chi connectivity index (χ1n) is 11.6. The molecule has 4 rings (SSSR count). The molecule has 3 heterocycles. The third-order valence-corrected chi connectivity index (χ3v) is 6.23. The maximum atomic E-state index is 13.8. The predicted octanol–water partition coefficient (Wildman–Crippen LogP) is 3.31. The Bertz CT molecular complexity index is 1220. The van der Waals surface area contributed by atoms with Gasteiger partial charge in [0.15, 0.2) is 0 Å². The molecule has 1 aliphatic rings. The van der Waals surface area contributed by atoms with Crippen LogP contribution in [0.4, 0.5) is 9.18 Å². The van der Waals surface area contributed by atoms with E-state index in [0.717, 1.165) is 5.69 Å². The molecule has 9 heteroatoms. The van der Waals surface area contributed by atoms with Gasteiger partial charge in [-0.1, -0.05) is 18.2 Å². The highest BCUT2D eigenvalue weighted by Crippen LogP contribution is 2.33. The van der Waals surface area contributed by atoms with Crippen molar-refractivity contribution in [3.05, 3.63) is 93.4 Å². The molecular weight excluding hydrogens is 451 g/mol. The Morgan fingerprint density at radius 1 is 1.14 bits per heavy atom. The zero-order chi connectivity index (χ0) is 24.9. The number of carbonyl (C=O) groups is 1. The van der Waals surface area contributed by atoms with E-state index < -0.39 is 6.04 Å². The van der Waals surface area contributed by atoms with Crippen LogP contribution in [0.25, 0.3) is 0 Å². The molecule has 1 unspecified atom stereocenters. The van der Waals surface area contributed by atoms with E-state index in [2.05, 4.69) is 4.98 Å². The number of ether oxygens (including phenoxy) is 1. The normalized spacial score (nSPS) is 15.1. The third-order valence-electron chi connectivity index (χ3n) is 6.23. The van der Waals surface area contributed by atoms with Gasteiger partial charge >= 0.3 is 6.09 Å². The molecule has 1 N–H and O–H groups in total. The van der Waals surface area contributed by atoms with Gasteiger partial charge in [-0.3, -0.25) is 14.7 Å². The van der Waals surface area contributed by atoms with Crippen LogP contribution < -0.4 is 5.56 Å². The van der Waals surface area contributed by atoms with Crippen LogP contribution in [-0.2, 0) is 11.3 Å². The van der Waals surface area contributed by atoms with Crippen LogP contribution in [0.5, 0.6) is 5.75 Å². The average Bonchev–Trinajstić information content (AvgIpc) is 2.86. The monoisotopic (exact) mass is 480 g/mol. The number of pyridine rings is 2. The summed E-state index contributed by atoms with van der Waals surface area (Å²) in [5.74, 6) is -0.507. The fourth-order valence-electron chi connectivity index (χ4n) is 4.46. The molecular formula is C26H29FN4O4. The number of hydrogen-bond donors (Lipinski definition) is 1. The maximum Gasteiger partial charge on any atom is 0.409 e. The summed E-state index contributed by atoms with van der Waals surface area (Å²) in [5, 5.41) is 11.0. The minimum Gasteiger partial charge on any atom is -0.507 e. The first-order chi connectivity index (χ1) is 16.9. The van der Waals surface area contributed by atoms with E-state index in [0.29, 0.717) is 44.0 Å². The molecule has 1 amide bonds. The first-order valence-corrected chi connectivity index (χ1v) is 11.6. The second-order valence-corrected chi connectivity index (χ2v) is 8.47. The van der Waals surface area contributed by atoms with Crippen molar-refractivity contribution < 1.29 is 19.0 Å². The number of aromatic nitrogens is 2. The number of halogens is 1. The van der Waals surface area contributed by atoms with Crippen molar-refractivity contribution in [2.75, 3.05) is 32.8 Å². The van der Waals surface area contributed by atoms with Crippen molar-refractivity contribution in [2.24, 2.45) is 0 Å². The highest BCUT2D eigenvalue weighted by Gasteiger charge is 2.32. The van der Waals surface area contributed by atoms with Crippen molar-refractivity contribution in [3.63, 3.8) is 0 Å². The first kappa shape index (κ1) is 24.4. The second-order valence-electron chi connectivity index (χ2n) is 8.47. The molecule has 1 atom stereocenters. The molecule has 0 spiro atoms. The lowest BCUT2D eigenvalue weighted by Crippen LogP contribution is -2.50. The summed E-state index contributed by atoms with van der Waals surface area (Å²) in [6.45, 7) is 5.79. The zero-order valence-corrected chi connectivity index (χ0v) is 19.9. The van der Waals surface area contributed by atoms with Crippen molar-refractivity contribution in [1.82, 2.24) is 19.4 Å².